The summed E-state index contributed by atoms with van der Waals surface area (Å²) in [4.78, 5) is 12.1. The number of rotatable bonds is 7. The van der Waals surface area contributed by atoms with Crippen LogP contribution in [0.2, 0.25) is 0 Å². The SMILES string of the molecule is C=CS(=O)(=O)Nc1cccc(CCCc2c(O)c3ccccc3oc2=O)c1. The lowest BCUT2D eigenvalue weighted by molar-refractivity contribution is 0.455. The quantitative estimate of drug-likeness (QED) is 0.606. The first kappa shape index (κ1) is 18.7. The summed E-state index contributed by atoms with van der Waals surface area (Å²) in [6.07, 6.45) is 1.55. The Balaban J connectivity index is 1.73. The highest BCUT2D eigenvalue weighted by Gasteiger charge is 2.13. The first-order valence-electron chi connectivity index (χ1n) is 8.37. The number of fused-ring (bicyclic) bond motifs is 1. The van der Waals surface area contributed by atoms with E-state index >= 15 is 0 Å². The van der Waals surface area contributed by atoms with Crippen LogP contribution in [0.5, 0.6) is 5.75 Å². The standard InChI is InChI=1S/C20H19NO5S/c1-2-27(24,25)21-15-9-5-7-14(13-15)8-6-11-17-19(22)16-10-3-4-12-18(16)26-20(17)23/h2-5,7,9-10,12-13,21-22H,1,6,8,11H2. The minimum atomic E-state index is -3.56. The molecule has 0 spiro atoms. The Labute approximate surface area is 156 Å². The number of benzene rings is 2. The van der Waals surface area contributed by atoms with Crippen LogP contribution in [0.4, 0.5) is 5.69 Å². The van der Waals surface area contributed by atoms with Crippen molar-refractivity contribution in [3.63, 3.8) is 0 Å². The second-order valence-electron chi connectivity index (χ2n) is 6.08. The first-order valence-corrected chi connectivity index (χ1v) is 9.92. The fraction of sp³-hybridized carbons (Fsp3) is 0.150. The van der Waals surface area contributed by atoms with Crippen molar-refractivity contribution >= 4 is 26.7 Å². The monoisotopic (exact) mass is 385 g/mol. The summed E-state index contributed by atoms with van der Waals surface area (Å²) in [6.45, 7) is 3.26. The number of aryl methyl sites for hydroxylation is 1. The molecule has 0 aliphatic heterocycles. The van der Waals surface area contributed by atoms with Gasteiger partial charge < -0.3 is 9.52 Å². The Hall–Kier alpha value is -3.06. The zero-order valence-electron chi connectivity index (χ0n) is 14.5. The van der Waals surface area contributed by atoms with Gasteiger partial charge in [0.15, 0.2) is 0 Å². The molecule has 2 N–H and O–H groups in total. The van der Waals surface area contributed by atoms with Gasteiger partial charge in [0.1, 0.15) is 11.3 Å². The number of nitrogens with one attached hydrogen (secondary N) is 1. The molecule has 6 nitrogen and oxygen atoms in total. The minimum absolute atomic E-state index is 0.0469. The molecule has 0 aliphatic carbocycles. The van der Waals surface area contributed by atoms with E-state index in [9.17, 15) is 18.3 Å². The Morgan fingerprint density at radius 3 is 2.67 bits per heavy atom. The fourth-order valence-electron chi connectivity index (χ4n) is 2.86. The van der Waals surface area contributed by atoms with E-state index in [1.807, 2.05) is 6.07 Å². The molecule has 3 rings (SSSR count). The van der Waals surface area contributed by atoms with Crippen LogP contribution in [0.3, 0.4) is 0 Å². The Morgan fingerprint density at radius 2 is 1.89 bits per heavy atom. The first-order chi connectivity index (χ1) is 12.9. The lowest BCUT2D eigenvalue weighted by Gasteiger charge is -2.08. The van der Waals surface area contributed by atoms with Crippen molar-refractivity contribution in [3.05, 3.63) is 82.1 Å². The van der Waals surface area contributed by atoms with E-state index in [2.05, 4.69) is 11.3 Å². The summed E-state index contributed by atoms with van der Waals surface area (Å²) in [5.41, 5.74) is 1.41. The van der Waals surface area contributed by atoms with Crippen LogP contribution in [0, 0.1) is 0 Å². The summed E-state index contributed by atoms with van der Waals surface area (Å²) >= 11 is 0. The molecular formula is C20H19NO5S. The summed E-state index contributed by atoms with van der Waals surface area (Å²) < 4.78 is 30.8. The molecule has 0 radical (unpaired) electrons. The van der Waals surface area contributed by atoms with Crippen molar-refractivity contribution in [1.82, 2.24) is 0 Å². The molecule has 0 aliphatic rings. The van der Waals surface area contributed by atoms with Gasteiger partial charge in [-0.1, -0.05) is 30.8 Å². The second kappa shape index (κ2) is 7.67. The highest BCUT2D eigenvalue weighted by atomic mass is 32.2. The molecule has 0 saturated carbocycles. The molecule has 0 bridgehead atoms. The third-order valence-corrected chi connectivity index (χ3v) is 5.13. The van der Waals surface area contributed by atoms with E-state index < -0.39 is 15.6 Å². The molecule has 0 amide bonds. The van der Waals surface area contributed by atoms with E-state index in [0.29, 0.717) is 35.9 Å². The normalized spacial score (nSPS) is 11.4. The van der Waals surface area contributed by atoms with Crippen molar-refractivity contribution in [2.75, 3.05) is 4.72 Å². The van der Waals surface area contributed by atoms with Crippen LogP contribution in [0.15, 0.2) is 69.7 Å². The van der Waals surface area contributed by atoms with Crippen molar-refractivity contribution in [2.45, 2.75) is 19.3 Å². The fourth-order valence-corrected chi connectivity index (χ4v) is 3.40. The van der Waals surface area contributed by atoms with Gasteiger partial charge in [0.25, 0.3) is 10.0 Å². The maximum atomic E-state index is 12.1. The molecule has 1 aromatic heterocycles. The zero-order chi connectivity index (χ0) is 19.4. The average Bonchev–Trinajstić information content (AvgIpc) is 2.64. The third-order valence-electron chi connectivity index (χ3n) is 4.18. The van der Waals surface area contributed by atoms with Gasteiger partial charge in [0, 0.05) is 11.1 Å². The number of anilines is 1. The van der Waals surface area contributed by atoms with Gasteiger partial charge >= 0.3 is 5.63 Å². The number of para-hydroxylation sites is 1. The van der Waals surface area contributed by atoms with Crippen molar-refractivity contribution < 1.29 is 17.9 Å². The van der Waals surface area contributed by atoms with Crippen LogP contribution in [0.1, 0.15) is 17.5 Å². The van der Waals surface area contributed by atoms with Crippen LogP contribution >= 0.6 is 0 Å². The molecule has 0 fully saturated rings. The zero-order valence-corrected chi connectivity index (χ0v) is 15.3. The lowest BCUT2D eigenvalue weighted by Crippen LogP contribution is -2.09. The highest BCUT2D eigenvalue weighted by molar-refractivity contribution is 7.95. The predicted octanol–water partition coefficient (Wildman–Crippen LogP) is 3.56. The van der Waals surface area contributed by atoms with Gasteiger partial charge in [-0.3, -0.25) is 4.72 Å². The van der Waals surface area contributed by atoms with E-state index in [4.69, 9.17) is 4.42 Å². The van der Waals surface area contributed by atoms with Gasteiger partial charge in [-0.25, -0.2) is 13.2 Å². The van der Waals surface area contributed by atoms with Crippen LogP contribution < -0.4 is 10.3 Å². The predicted molar refractivity (Wildman–Crippen MR) is 105 cm³/mol. The van der Waals surface area contributed by atoms with Gasteiger partial charge in [0.05, 0.1) is 10.9 Å². The third kappa shape index (κ3) is 4.38. The summed E-state index contributed by atoms with van der Waals surface area (Å²) in [7, 11) is -3.56. The van der Waals surface area contributed by atoms with Crippen LogP contribution in [-0.2, 0) is 22.9 Å². The van der Waals surface area contributed by atoms with E-state index in [1.165, 1.54) is 0 Å². The lowest BCUT2D eigenvalue weighted by atomic mass is 10.0. The maximum absolute atomic E-state index is 12.1. The molecule has 140 valence electrons. The van der Waals surface area contributed by atoms with Gasteiger partial charge in [-0.05, 0) is 49.1 Å². The smallest absolute Gasteiger partial charge is 0.343 e. The number of aromatic hydroxyl groups is 1. The number of hydrogen-bond donors (Lipinski definition) is 2. The maximum Gasteiger partial charge on any atom is 0.343 e. The Kier molecular flexibility index (Phi) is 5.32. The number of hydrogen-bond acceptors (Lipinski definition) is 5. The topological polar surface area (TPSA) is 96.6 Å². The molecule has 0 saturated heterocycles. The molecule has 2 aromatic carbocycles. The van der Waals surface area contributed by atoms with Crippen LogP contribution in [-0.4, -0.2) is 13.5 Å². The Bertz CT molecular complexity index is 1150. The molecule has 27 heavy (non-hydrogen) atoms. The molecule has 0 atom stereocenters. The van der Waals surface area contributed by atoms with E-state index in [0.717, 1.165) is 11.0 Å². The highest BCUT2D eigenvalue weighted by Crippen LogP contribution is 2.27. The second-order valence-corrected chi connectivity index (χ2v) is 7.71. The van der Waals surface area contributed by atoms with E-state index in [-0.39, 0.29) is 11.3 Å². The molecule has 7 heteroatoms. The summed E-state index contributed by atoms with van der Waals surface area (Å²) in [5.74, 6) is -0.0469. The largest absolute Gasteiger partial charge is 0.507 e. The van der Waals surface area contributed by atoms with Crippen LogP contribution in [0.25, 0.3) is 11.0 Å². The van der Waals surface area contributed by atoms with Crippen molar-refractivity contribution in [1.29, 1.82) is 0 Å². The molecule has 0 unspecified atom stereocenters. The van der Waals surface area contributed by atoms with Gasteiger partial charge in [-0.2, -0.15) is 0 Å². The molecule has 3 aromatic rings. The minimum Gasteiger partial charge on any atom is -0.507 e. The average molecular weight is 385 g/mol. The molecule has 1 heterocycles. The molecular weight excluding hydrogens is 366 g/mol. The van der Waals surface area contributed by atoms with Gasteiger partial charge in [0.2, 0.25) is 0 Å². The number of sulfonamides is 1. The van der Waals surface area contributed by atoms with Crippen molar-refractivity contribution in [2.24, 2.45) is 0 Å². The summed E-state index contributed by atoms with van der Waals surface area (Å²) in [5, 5.41) is 11.7. The van der Waals surface area contributed by atoms with Crippen molar-refractivity contribution in [3.8, 4) is 5.75 Å². The van der Waals surface area contributed by atoms with E-state index in [1.54, 1.807) is 42.5 Å². The Morgan fingerprint density at radius 1 is 1.11 bits per heavy atom. The van der Waals surface area contributed by atoms with Gasteiger partial charge in [-0.15, -0.1) is 0 Å². The summed E-state index contributed by atoms with van der Waals surface area (Å²) in [6, 6.07) is 13.8.